The second kappa shape index (κ2) is 2.93. The molecule has 0 amide bonds. The molecule has 0 unspecified atom stereocenters. The highest BCUT2D eigenvalue weighted by molar-refractivity contribution is 5.86. The fourth-order valence-corrected chi connectivity index (χ4v) is 2.95. The smallest absolute Gasteiger partial charge is 0.256 e. The van der Waals surface area contributed by atoms with E-state index in [0.717, 1.165) is 18.8 Å². The van der Waals surface area contributed by atoms with Gasteiger partial charge < -0.3 is 0 Å². The second-order valence-corrected chi connectivity index (χ2v) is 4.61. The van der Waals surface area contributed by atoms with E-state index in [2.05, 4.69) is 0 Å². The summed E-state index contributed by atoms with van der Waals surface area (Å²) in [6, 6.07) is -1.26. The molecule has 0 aromatic heterocycles. The normalized spacial score (nSPS) is 38.3. The Morgan fingerprint density at radius 2 is 2.08 bits per heavy atom. The molecule has 2 fully saturated rings. The van der Waals surface area contributed by atoms with Crippen molar-refractivity contribution in [3.63, 3.8) is 0 Å². The Balaban J connectivity index is 2.17. The summed E-state index contributed by atoms with van der Waals surface area (Å²) in [5.74, 6) is 0.846. The highest BCUT2D eigenvalue weighted by Crippen LogP contribution is 2.55. The average molecular weight is 182 g/mol. The molecule has 2 bridgehead atoms. The Bertz CT molecular complexity index is 259. The van der Waals surface area contributed by atoms with Gasteiger partial charge in [-0.1, -0.05) is 6.08 Å². The molecule has 0 heterocycles. The van der Waals surface area contributed by atoms with Crippen LogP contribution in [0.3, 0.4) is 0 Å². The summed E-state index contributed by atoms with van der Waals surface area (Å²) in [5, 5.41) is 0. The van der Waals surface area contributed by atoms with Gasteiger partial charge in [0.2, 0.25) is 0 Å². The molecular formula is C11H15FO. The van der Waals surface area contributed by atoms with Gasteiger partial charge in [-0.2, -0.15) is 4.39 Å². The first-order chi connectivity index (χ1) is 6.11. The van der Waals surface area contributed by atoms with Crippen molar-refractivity contribution in [2.45, 2.75) is 39.0 Å². The summed E-state index contributed by atoms with van der Waals surface area (Å²) in [6.45, 7) is 1.59. The molecule has 0 aromatic carbocycles. The van der Waals surface area contributed by atoms with Crippen LogP contribution in [-0.2, 0) is 4.79 Å². The molecule has 0 N–H and O–H groups in total. The van der Waals surface area contributed by atoms with Crippen molar-refractivity contribution < 1.29 is 9.18 Å². The summed E-state index contributed by atoms with van der Waals surface area (Å²) < 4.78 is 12.4. The summed E-state index contributed by atoms with van der Waals surface area (Å²) in [6.07, 6.45) is 7.92. The standard InChI is InChI=1S/C11H15FO/c1-8(10(12)13)6-11-4-2-9(7-11)3-5-11/h6,9H,2-5,7H2,1H3. The maximum absolute atomic E-state index is 12.4. The number of hydrogen-bond acceptors (Lipinski definition) is 1. The minimum Gasteiger partial charge on any atom is -0.256 e. The first-order valence-corrected chi connectivity index (χ1v) is 5.01. The van der Waals surface area contributed by atoms with E-state index in [1.165, 1.54) is 19.3 Å². The highest BCUT2D eigenvalue weighted by atomic mass is 19.1. The zero-order valence-corrected chi connectivity index (χ0v) is 7.98. The van der Waals surface area contributed by atoms with E-state index in [1.54, 1.807) is 6.92 Å². The molecule has 2 heteroatoms. The van der Waals surface area contributed by atoms with Crippen LogP contribution in [0.25, 0.3) is 0 Å². The van der Waals surface area contributed by atoms with Crippen molar-refractivity contribution >= 4 is 6.04 Å². The molecule has 2 aliphatic rings. The fraction of sp³-hybridized carbons (Fsp3) is 0.727. The van der Waals surface area contributed by atoms with E-state index >= 15 is 0 Å². The lowest BCUT2D eigenvalue weighted by molar-refractivity contribution is -0.125. The number of allylic oxidation sites excluding steroid dienone is 2. The molecule has 0 aliphatic heterocycles. The molecule has 0 aromatic rings. The molecule has 13 heavy (non-hydrogen) atoms. The fourth-order valence-electron chi connectivity index (χ4n) is 2.95. The van der Waals surface area contributed by atoms with Crippen LogP contribution in [-0.4, -0.2) is 6.04 Å². The van der Waals surface area contributed by atoms with E-state index in [4.69, 9.17) is 0 Å². The lowest BCUT2D eigenvalue weighted by Gasteiger charge is -2.22. The van der Waals surface area contributed by atoms with Crippen LogP contribution in [0, 0.1) is 11.3 Å². The van der Waals surface area contributed by atoms with Gasteiger partial charge >= 0.3 is 6.04 Å². The van der Waals surface area contributed by atoms with E-state index in [1.807, 2.05) is 6.08 Å². The van der Waals surface area contributed by atoms with E-state index in [9.17, 15) is 9.18 Å². The molecule has 0 saturated heterocycles. The lowest BCUT2D eigenvalue weighted by Crippen LogP contribution is -2.11. The topological polar surface area (TPSA) is 17.1 Å². The average Bonchev–Trinajstić information content (AvgIpc) is 2.62. The SMILES string of the molecule is CC(=CC12CCC(CC1)C2)C(=O)F. The third-order valence-electron chi connectivity index (χ3n) is 3.63. The number of fused-ring (bicyclic) bond motifs is 2. The largest absolute Gasteiger partial charge is 0.327 e. The van der Waals surface area contributed by atoms with Gasteiger partial charge in [0.1, 0.15) is 0 Å². The van der Waals surface area contributed by atoms with Crippen LogP contribution in [0.4, 0.5) is 4.39 Å². The third-order valence-corrected chi connectivity index (χ3v) is 3.63. The summed E-state index contributed by atoms with van der Waals surface area (Å²) in [7, 11) is 0. The summed E-state index contributed by atoms with van der Waals surface area (Å²) >= 11 is 0. The number of carbonyl (C=O) groups is 1. The summed E-state index contributed by atoms with van der Waals surface area (Å²) in [4.78, 5) is 10.5. The van der Waals surface area contributed by atoms with Crippen molar-refractivity contribution in [1.29, 1.82) is 0 Å². The highest BCUT2D eigenvalue weighted by Gasteiger charge is 2.43. The molecule has 2 aliphatic carbocycles. The van der Waals surface area contributed by atoms with Crippen LogP contribution in [0.15, 0.2) is 11.6 Å². The first kappa shape index (κ1) is 8.92. The van der Waals surface area contributed by atoms with Crippen molar-refractivity contribution in [3.05, 3.63) is 11.6 Å². The Hall–Kier alpha value is -0.660. The van der Waals surface area contributed by atoms with Gasteiger partial charge in [-0.15, -0.1) is 0 Å². The molecule has 72 valence electrons. The van der Waals surface area contributed by atoms with Gasteiger partial charge in [0.15, 0.2) is 0 Å². The van der Waals surface area contributed by atoms with E-state index in [0.29, 0.717) is 5.57 Å². The van der Waals surface area contributed by atoms with Crippen molar-refractivity contribution in [3.8, 4) is 0 Å². The number of hydrogen-bond donors (Lipinski definition) is 0. The Kier molecular flexibility index (Phi) is 2.01. The minimum atomic E-state index is -1.26. The van der Waals surface area contributed by atoms with Crippen LogP contribution in [0.5, 0.6) is 0 Å². The van der Waals surface area contributed by atoms with Gasteiger partial charge in [-0.3, -0.25) is 4.79 Å². The lowest BCUT2D eigenvalue weighted by atomic mass is 9.83. The first-order valence-electron chi connectivity index (χ1n) is 5.01. The van der Waals surface area contributed by atoms with Crippen LogP contribution < -0.4 is 0 Å². The van der Waals surface area contributed by atoms with Crippen molar-refractivity contribution in [2.75, 3.05) is 0 Å². The predicted molar refractivity (Wildman–Crippen MR) is 48.9 cm³/mol. The minimum absolute atomic E-state index is 0.191. The molecule has 0 radical (unpaired) electrons. The van der Waals surface area contributed by atoms with Gasteiger partial charge in [-0.25, -0.2) is 0 Å². The van der Waals surface area contributed by atoms with Crippen molar-refractivity contribution in [2.24, 2.45) is 11.3 Å². The summed E-state index contributed by atoms with van der Waals surface area (Å²) in [5.41, 5.74) is 0.499. The Morgan fingerprint density at radius 3 is 2.46 bits per heavy atom. The van der Waals surface area contributed by atoms with Gasteiger partial charge in [-0.05, 0) is 50.4 Å². The zero-order valence-electron chi connectivity index (χ0n) is 7.98. The molecule has 1 nitrogen and oxygen atoms in total. The van der Waals surface area contributed by atoms with Crippen LogP contribution >= 0.6 is 0 Å². The predicted octanol–water partition coefficient (Wildman–Crippen LogP) is 3.01. The molecule has 2 rings (SSSR count). The Morgan fingerprint density at radius 1 is 1.46 bits per heavy atom. The zero-order chi connectivity index (χ0) is 9.47. The number of carbonyl (C=O) groups excluding carboxylic acids is 1. The molecular weight excluding hydrogens is 167 g/mol. The quantitative estimate of drug-likeness (QED) is 0.474. The third kappa shape index (κ3) is 1.54. The van der Waals surface area contributed by atoms with Gasteiger partial charge in [0.05, 0.1) is 0 Å². The van der Waals surface area contributed by atoms with Crippen molar-refractivity contribution in [1.82, 2.24) is 0 Å². The van der Waals surface area contributed by atoms with Crippen LogP contribution in [0.2, 0.25) is 0 Å². The molecule has 2 saturated carbocycles. The molecule has 0 atom stereocenters. The monoisotopic (exact) mass is 182 g/mol. The second-order valence-electron chi connectivity index (χ2n) is 4.61. The van der Waals surface area contributed by atoms with Gasteiger partial charge in [0.25, 0.3) is 0 Å². The maximum Gasteiger partial charge on any atom is 0.327 e. The number of rotatable bonds is 2. The Labute approximate surface area is 78.0 Å². The van der Waals surface area contributed by atoms with Gasteiger partial charge in [0, 0.05) is 5.57 Å². The van der Waals surface area contributed by atoms with Crippen LogP contribution in [0.1, 0.15) is 39.0 Å². The maximum atomic E-state index is 12.4. The van der Waals surface area contributed by atoms with E-state index < -0.39 is 6.04 Å². The molecule has 0 spiro atoms. The van der Waals surface area contributed by atoms with E-state index in [-0.39, 0.29) is 5.41 Å². The number of halogens is 1.